The van der Waals surface area contributed by atoms with Gasteiger partial charge in [-0.15, -0.1) is 0 Å². The summed E-state index contributed by atoms with van der Waals surface area (Å²) in [7, 11) is 0. The molecule has 0 bridgehead atoms. The Balaban J connectivity index is 1.29. The Hall–Kier alpha value is -9.43. The largest absolute Gasteiger partial charge is 0.417 e. The number of halogens is 3. The summed E-state index contributed by atoms with van der Waals surface area (Å²) >= 11 is 0. The van der Waals surface area contributed by atoms with E-state index in [0.29, 0.717) is 11.4 Å². The van der Waals surface area contributed by atoms with Crippen LogP contribution in [0.3, 0.4) is 0 Å². The normalized spacial score (nSPS) is 11.7. The maximum Gasteiger partial charge on any atom is 0.417 e. The van der Waals surface area contributed by atoms with E-state index < -0.39 is 11.7 Å². The Morgan fingerprint density at radius 1 is 0.351 bits per heavy atom. The van der Waals surface area contributed by atoms with Gasteiger partial charge in [-0.3, -0.25) is 0 Å². The minimum Gasteiger partial charge on any atom is -0.308 e. The van der Waals surface area contributed by atoms with Crippen molar-refractivity contribution in [2.45, 2.75) is 33.9 Å². The minimum atomic E-state index is -4.89. The van der Waals surface area contributed by atoms with Crippen LogP contribution in [0.2, 0.25) is 0 Å². The number of nitrogens with zero attached hydrogens (tertiary/aromatic N) is 4. The van der Waals surface area contributed by atoms with Gasteiger partial charge in [0.25, 0.3) is 0 Å². The van der Waals surface area contributed by atoms with Crippen molar-refractivity contribution in [1.82, 2.24) is 9.13 Å². The summed E-state index contributed by atoms with van der Waals surface area (Å²) in [6.45, 7) is 8.15. The topological polar surface area (TPSA) is 57.4 Å². The van der Waals surface area contributed by atoms with Crippen molar-refractivity contribution >= 4 is 43.6 Å². The molecule has 12 aromatic rings. The van der Waals surface area contributed by atoms with Gasteiger partial charge in [-0.1, -0.05) is 174 Å². The molecule has 0 atom stereocenters. The summed E-state index contributed by atoms with van der Waals surface area (Å²) in [6.07, 6.45) is -4.89. The second-order valence-corrected chi connectivity index (χ2v) is 19.4. The lowest BCUT2D eigenvalue weighted by atomic mass is 9.90. The van der Waals surface area contributed by atoms with Crippen molar-refractivity contribution in [2.75, 3.05) is 0 Å². The van der Waals surface area contributed by atoms with Crippen LogP contribution in [0.4, 0.5) is 13.2 Å². The fourth-order valence-corrected chi connectivity index (χ4v) is 10.7. The molecule has 0 spiro atoms. The Bertz CT molecular complexity index is 3870. The maximum absolute atomic E-state index is 16.1. The quantitative estimate of drug-likeness (QED) is 0.160. The highest BCUT2D eigenvalue weighted by molar-refractivity contribution is 6.14. The molecule has 0 aliphatic heterocycles. The van der Waals surface area contributed by atoms with Gasteiger partial charge in [0.2, 0.25) is 0 Å². The zero-order chi connectivity index (χ0) is 51.0. The molecule has 0 saturated carbocycles. The van der Waals surface area contributed by atoms with E-state index in [1.165, 1.54) is 12.1 Å². The highest BCUT2D eigenvalue weighted by Gasteiger charge is 2.37. The summed E-state index contributed by atoms with van der Waals surface area (Å²) in [5.74, 6) is 0. The van der Waals surface area contributed by atoms with Crippen LogP contribution in [-0.2, 0) is 6.18 Å². The van der Waals surface area contributed by atoms with Gasteiger partial charge in [-0.05, 0) is 121 Å². The number of hydrogen-bond donors (Lipinski definition) is 0. The Morgan fingerprint density at radius 2 is 0.662 bits per heavy atom. The van der Waals surface area contributed by atoms with Crippen LogP contribution in [0.1, 0.15) is 38.9 Å². The third kappa shape index (κ3) is 7.78. The Labute approximate surface area is 426 Å². The van der Waals surface area contributed by atoms with Crippen molar-refractivity contribution in [3.8, 4) is 79.1 Å². The molecule has 10 aromatic carbocycles. The van der Waals surface area contributed by atoms with Crippen LogP contribution in [0.5, 0.6) is 0 Å². The van der Waals surface area contributed by atoms with E-state index in [1.807, 2.05) is 36.8 Å². The van der Waals surface area contributed by atoms with Gasteiger partial charge < -0.3 is 9.13 Å². The number of rotatable bonds is 7. The van der Waals surface area contributed by atoms with E-state index in [1.54, 1.807) is 12.1 Å². The molecular formula is C67H45F3N4. The molecule has 4 nitrogen and oxygen atoms in total. The first-order valence-electron chi connectivity index (χ1n) is 24.5. The van der Waals surface area contributed by atoms with Gasteiger partial charge in [0, 0.05) is 32.7 Å². The van der Waals surface area contributed by atoms with E-state index in [-0.39, 0.29) is 22.3 Å². The molecule has 74 heavy (non-hydrogen) atoms. The Morgan fingerprint density at radius 3 is 0.946 bits per heavy atom. The predicted molar refractivity (Wildman–Crippen MR) is 296 cm³/mol. The monoisotopic (exact) mass is 962 g/mol. The van der Waals surface area contributed by atoms with Crippen molar-refractivity contribution in [3.05, 3.63) is 239 Å². The molecule has 12 rings (SSSR count). The van der Waals surface area contributed by atoms with Gasteiger partial charge >= 0.3 is 6.18 Å². The van der Waals surface area contributed by atoms with E-state index in [2.05, 4.69) is 182 Å². The number of aryl methyl sites for hydroxylation is 4. The van der Waals surface area contributed by atoms with Crippen LogP contribution in [0.25, 0.3) is 111 Å². The smallest absolute Gasteiger partial charge is 0.308 e. The first-order chi connectivity index (χ1) is 35.8. The average molecular weight is 963 g/mol. The molecule has 0 amide bonds. The molecule has 0 fully saturated rings. The summed E-state index contributed by atoms with van der Waals surface area (Å²) in [4.78, 5) is 0. The molecule has 0 radical (unpaired) electrons. The third-order valence-corrected chi connectivity index (χ3v) is 14.5. The van der Waals surface area contributed by atoms with Gasteiger partial charge in [0.15, 0.2) is 0 Å². The summed E-state index contributed by atoms with van der Waals surface area (Å²) < 4.78 is 52.2. The lowest BCUT2D eigenvalue weighted by Crippen LogP contribution is -2.12. The van der Waals surface area contributed by atoms with Crippen LogP contribution in [0, 0.1) is 50.4 Å². The molecule has 2 heterocycles. The van der Waals surface area contributed by atoms with Crippen molar-refractivity contribution in [1.29, 1.82) is 10.5 Å². The standard InChI is InChI=1S/C67H45F3N4/c1-40-8-16-45(17-9-40)49-24-28-54-55-29-25-50(46-18-10-41(2)11-19-46)35-60(55)73(59(54)34-49)63-32-44(38-71)33-64(66(63)65-53(39-72)6-5-7-58(65)67(68,69)70)74-61-36-51(47-20-12-42(3)13-21-47)26-30-56(61)57-31-27-52(37-62(57)74)48-22-14-43(4)15-23-48/h5-37H,1-4H3. The maximum atomic E-state index is 16.1. The van der Waals surface area contributed by atoms with Crippen LogP contribution in [0.15, 0.2) is 200 Å². The molecule has 354 valence electrons. The number of alkyl halides is 3. The molecule has 0 aliphatic rings. The third-order valence-electron chi connectivity index (χ3n) is 14.5. The van der Waals surface area contributed by atoms with Crippen molar-refractivity contribution in [2.24, 2.45) is 0 Å². The lowest BCUT2D eigenvalue weighted by Gasteiger charge is -2.24. The highest BCUT2D eigenvalue weighted by Crippen LogP contribution is 2.49. The summed E-state index contributed by atoms with van der Waals surface area (Å²) in [6, 6.07) is 69.7. The molecule has 0 aliphatic carbocycles. The van der Waals surface area contributed by atoms with Crippen molar-refractivity contribution in [3.63, 3.8) is 0 Å². The van der Waals surface area contributed by atoms with E-state index >= 15 is 13.2 Å². The van der Waals surface area contributed by atoms with Gasteiger partial charge in [0.1, 0.15) is 0 Å². The lowest BCUT2D eigenvalue weighted by molar-refractivity contribution is -0.137. The second kappa shape index (κ2) is 17.7. The highest BCUT2D eigenvalue weighted by atomic mass is 19.4. The van der Waals surface area contributed by atoms with E-state index in [9.17, 15) is 10.5 Å². The zero-order valence-corrected chi connectivity index (χ0v) is 41.0. The predicted octanol–water partition coefficient (Wildman–Crippen LogP) is 18.2. The van der Waals surface area contributed by atoms with Gasteiger partial charge in [-0.2, -0.15) is 23.7 Å². The second-order valence-electron chi connectivity index (χ2n) is 19.4. The number of aromatic nitrogens is 2. The fourth-order valence-electron chi connectivity index (χ4n) is 10.7. The molecular weight excluding hydrogens is 918 g/mol. The first kappa shape index (κ1) is 45.7. The minimum absolute atomic E-state index is 0.147. The number of nitriles is 2. The first-order valence-corrected chi connectivity index (χ1v) is 24.5. The van der Waals surface area contributed by atoms with Gasteiger partial charge in [-0.25, -0.2) is 0 Å². The number of benzene rings is 10. The summed E-state index contributed by atoms with van der Waals surface area (Å²) in [5, 5.41) is 25.8. The zero-order valence-electron chi connectivity index (χ0n) is 41.0. The Kier molecular flexibility index (Phi) is 10.9. The van der Waals surface area contributed by atoms with E-state index in [0.717, 1.165) is 116 Å². The van der Waals surface area contributed by atoms with E-state index in [4.69, 9.17) is 0 Å². The number of fused-ring (bicyclic) bond motifs is 6. The molecule has 7 heteroatoms. The number of hydrogen-bond acceptors (Lipinski definition) is 2. The average Bonchev–Trinajstić information content (AvgIpc) is 3.92. The molecule has 0 unspecified atom stereocenters. The van der Waals surface area contributed by atoms with Gasteiger partial charge in [0.05, 0.1) is 62.3 Å². The van der Waals surface area contributed by atoms with Crippen LogP contribution >= 0.6 is 0 Å². The molecule has 2 aromatic heterocycles. The molecule has 0 saturated heterocycles. The fraction of sp³-hybridized carbons (Fsp3) is 0.0746. The van der Waals surface area contributed by atoms with Crippen molar-refractivity contribution < 1.29 is 13.2 Å². The molecule has 0 N–H and O–H groups in total. The van der Waals surface area contributed by atoms with Crippen LogP contribution in [-0.4, -0.2) is 9.13 Å². The SMILES string of the molecule is Cc1ccc(-c2ccc3c4ccc(-c5ccc(C)cc5)cc4n(-c4cc(C#N)cc(-n5c6cc(-c7ccc(C)cc7)ccc6c6ccc(-c7ccc(C)cc7)cc65)c4-c4c(C#N)cccc4C(F)(F)F)c3c2)cc1. The van der Waals surface area contributed by atoms with Crippen LogP contribution < -0.4 is 0 Å². The summed E-state index contributed by atoms with van der Waals surface area (Å²) in [5.41, 5.74) is 14.4.